The fourth-order valence-corrected chi connectivity index (χ4v) is 2.10. The minimum atomic E-state index is -0.322. The van der Waals surface area contributed by atoms with Crippen molar-refractivity contribution in [3.63, 3.8) is 0 Å². The number of aromatic nitrogens is 2. The van der Waals surface area contributed by atoms with E-state index in [0.29, 0.717) is 24.6 Å². The lowest BCUT2D eigenvalue weighted by Gasteiger charge is -2.09. The summed E-state index contributed by atoms with van der Waals surface area (Å²) < 4.78 is 5.12. The number of nitrogens with zero attached hydrogens (tertiary/aromatic N) is 2. The molecule has 0 saturated heterocycles. The molecular weight excluding hydrogens is 334 g/mol. The van der Waals surface area contributed by atoms with Crippen LogP contribution >= 0.6 is 0 Å². The van der Waals surface area contributed by atoms with E-state index in [4.69, 9.17) is 4.52 Å². The Labute approximate surface area is 152 Å². The Hall–Kier alpha value is -2.90. The lowest BCUT2D eigenvalue weighted by molar-refractivity contribution is -0.128. The molecule has 2 rings (SSSR count). The molecule has 2 aromatic rings. The van der Waals surface area contributed by atoms with Crippen LogP contribution in [0.2, 0.25) is 0 Å². The number of benzene rings is 1. The fourth-order valence-electron chi connectivity index (χ4n) is 2.10. The summed E-state index contributed by atoms with van der Waals surface area (Å²) in [5.41, 5.74) is 6.76. The molecule has 0 radical (unpaired) electrons. The molecule has 26 heavy (non-hydrogen) atoms. The third-order valence-corrected chi connectivity index (χ3v) is 3.64. The Morgan fingerprint density at radius 3 is 2.46 bits per heavy atom. The van der Waals surface area contributed by atoms with Gasteiger partial charge in [0.1, 0.15) is 0 Å². The van der Waals surface area contributed by atoms with Gasteiger partial charge in [-0.05, 0) is 25.5 Å². The van der Waals surface area contributed by atoms with Crippen molar-refractivity contribution in [1.29, 1.82) is 0 Å². The van der Waals surface area contributed by atoms with Crippen LogP contribution in [0.5, 0.6) is 0 Å². The second-order valence-corrected chi connectivity index (χ2v) is 6.37. The molecule has 140 valence electrons. The number of aryl methyl sites for hydroxylation is 2. The van der Waals surface area contributed by atoms with Gasteiger partial charge in [-0.2, -0.15) is 4.98 Å². The molecule has 3 N–H and O–H groups in total. The molecule has 0 fully saturated rings. The Kier molecular flexibility index (Phi) is 7.13. The van der Waals surface area contributed by atoms with Crippen LogP contribution in [0.3, 0.4) is 0 Å². The molecule has 0 unspecified atom stereocenters. The van der Waals surface area contributed by atoms with Gasteiger partial charge in [0.05, 0.1) is 6.54 Å². The van der Waals surface area contributed by atoms with Crippen LogP contribution in [0, 0.1) is 6.92 Å². The number of carbonyl (C=O) groups excluding carboxylic acids is 2. The third kappa shape index (κ3) is 6.54. The van der Waals surface area contributed by atoms with Gasteiger partial charge in [-0.15, -0.1) is 0 Å². The maximum atomic E-state index is 11.7. The predicted molar refractivity (Wildman–Crippen MR) is 97.3 cm³/mol. The normalized spacial score (nSPS) is 10.6. The highest BCUT2D eigenvalue weighted by Gasteiger charge is 2.10. The molecule has 1 heterocycles. The maximum absolute atomic E-state index is 11.7. The van der Waals surface area contributed by atoms with Gasteiger partial charge < -0.3 is 9.84 Å². The summed E-state index contributed by atoms with van der Waals surface area (Å²) in [6.45, 7) is 6.04. The van der Waals surface area contributed by atoms with Crippen molar-refractivity contribution in [2.24, 2.45) is 0 Å². The lowest BCUT2D eigenvalue weighted by Crippen LogP contribution is -2.44. The quantitative estimate of drug-likeness (QED) is 0.623. The number of carbonyl (C=O) groups is 2. The monoisotopic (exact) mass is 359 g/mol. The highest BCUT2D eigenvalue weighted by molar-refractivity contribution is 5.84. The number of hydrogen-bond acceptors (Lipinski definition) is 6. The van der Waals surface area contributed by atoms with Crippen molar-refractivity contribution in [3.8, 4) is 0 Å². The summed E-state index contributed by atoms with van der Waals surface area (Å²) in [7, 11) is 0. The van der Waals surface area contributed by atoms with Crippen LogP contribution in [0.4, 0.5) is 5.69 Å². The van der Waals surface area contributed by atoms with Crippen molar-refractivity contribution in [2.45, 2.75) is 46.0 Å². The number of anilines is 1. The van der Waals surface area contributed by atoms with Crippen molar-refractivity contribution >= 4 is 17.5 Å². The smallest absolute Gasteiger partial charge is 0.257 e. The Balaban J connectivity index is 1.60. The van der Waals surface area contributed by atoms with Crippen LogP contribution in [-0.2, 0) is 16.0 Å². The SMILES string of the molecule is Cc1ccc(NCC(=O)NNC(=O)CCCc2nc(C(C)C)no2)cc1. The van der Waals surface area contributed by atoms with Crippen molar-refractivity contribution in [3.05, 3.63) is 41.5 Å². The molecule has 0 aliphatic carbocycles. The van der Waals surface area contributed by atoms with Gasteiger partial charge in [-0.3, -0.25) is 20.4 Å². The average Bonchev–Trinajstić information content (AvgIpc) is 3.09. The van der Waals surface area contributed by atoms with Crippen LogP contribution in [0.1, 0.15) is 49.9 Å². The van der Waals surface area contributed by atoms with E-state index >= 15 is 0 Å². The summed E-state index contributed by atoms with van der Waals surface area (Å²) in [5, 5.41) is 6.85. The van der Waals surface area contributed by atoms with E-state index in [9.17, 15) is 9.59 Å². The number of hydrazine groups is 1. The predicted octanol–water partition coefficient (Wildman–Crippen LogP) is 2.08. The third-order valence-electron chi connectivity index (χ3n) is 3.64. The van der Waals surface area contributed by atoms with E-state index in [0.717, 1.165) is 11.3 Å². The number of rotatable bonds is 8. The van der Waals surface area contributed by atoms with E-state index < -0.39 is 0 Å². The molecule has 1 aromatic carbocycles. The minimum Gasteiger partial charge on any atom is -0.376 e. The van der Waals surface area contributed by atoms with E-state index in [1.165, 1.54) is 0 Å². The van der Waals surface area contributed by atoms with E-state index in [-0.39, 0.29) is 30.7 Å². The van der Waals surface area contributed by atoms with Crippen LogP contribution < -0.4 is 16.2 Å². The summed E-state index contributed by atoms with van der Waals surface area (Å²) in [4.78, 5) is 27.7. The Morgan fingerprint density at radius 1 is 1.12 bits per heavy atom. The first-order chi connectivity index (χ1) is 12.4. The van der Waals surface area contributed by atoms with Crippen molar-refractivity contribution in [1.82, 2.24) is 21.0 Å². The number of amides is 2. The minimum absolute atomic E-state index is 0.0727. The second-order valence-electron chi connectivity index (χ2n) is 6.37. The van der Waals surface area contributed by atoms with Crippen molar-refractivity contribution < 1.29 is 14.1 Å². The van der Waals surface area contributed by atoms with Crippen LogP contribution in [0.25, 0.3) is 0 Å². The summed E-state index contributed by atoms with van der Waals surface area (Å²) in [6, 6.07) is 7.69. The largest absolute Gasteiger partial charge is 0.376 e. The van der Waals surface area contributed by atoms with Crippen LogP contribution in [-0.4, -0.2) is 28.5 Å². The Bertz CT molecular complexity index is 725. The molecule has 8 nitrogen and oxygen atoms in total. The first kappa shape index (κ1) is 19.4. The van der Waals surface area contributed by atoms with E-state index in [1.807, 2.05) is 45.0 Å². The zero-order chi connectivity index (χ0) is 18.9. The molecule has 2 amide bonds. The molecule has 0 atom stereocenters. The molecule has 0 bridgehead atoms. The zero-order valence-electron chi connectivity index (χ0n) is 15.3. The molecule has 0 aliphatic heterocycles. The van der Waals surface area contributed by atoms with Gasteiger partial charge in [0.25, 0.3) is 5.91 Å². The van der Waals surface area contributed by atoms with Gasteiger partial charge in [0.15, 0.2) is 5.82 Å². The number of nitrogens with one attached hydrogen (secondary N) is 3. The molecule has 8 heteroatoms. The van der Waals surface area contributed by atoms with E-state index in [1.54, 1.807) is 0 Å². The molecular formula is C18H25N5O3. The summed E-state index contributed by atoms with van der Waals surface area (Å²) >= 11 is 0. The molecule has 0 saturated carbocycles. The van der Waals surface area contributed by atoms with Crippen molar-refractivity contribution in [2.75, 3.05) is 11.9 Å². The number of hydrogen-bond donors (Lipinski definition) is 3. The first-order valence-electron chi connectivity index (χ1n) is 8.64. The second kappa shape index (κ2) is 9.55. The van der Waals surface area contributed by atoms with Gasteiger partial charge >= 0.3 is 0 Å². The highest BCUT2D eigenvalue weighted by Crippen LogP contribution is 2.11. The highest BCUT2D eigenvalue weighted by atomic mass is 16.5. The molecule has 1 aromatic heterocycles. The van der Waals surface area contributed by atoms with Gasteiger partial charge in [0, 0.05) is 24.4 Å². The zero-order valence-corrected chi connectivity index (χ0v) is 15.3. The topological polar surface area (TPSA) is 109 Å². The molecule has 0 aliphatic rings. The molecule has 0 spiro atoms. The average molecular weight is 359 g/mol. The van der Waals surface area contributed by atoms with E-state index in [2.05, 4.69) is 26.3 Å². The first-order valence-corrected chi connectivity index (χ1v) is 8.64. The van der Waals surface area contributed by atoms with Crippen LogP contribution in [0.15, 0.2) is 28.8 Å². The van der Waals surface area contributed by atoms with Gasteiger partial charge in [0.2, 0.25) is 11.8 Å². The van der Waals surface area contributed by atoms with Gasteiger partial charge in [-0.1, -0.05) is 36.7 Å². The standard InChI is InChI=1S/C18H25N5O3/c1-12(2)18-20-17(26-23-18)6-4-5-15(24)21-22-16(25)11-19-14-9-7-13(3)8-10-14/h7-10,12,19H,4-6,11H2,1-3H3,(H,21,24)(H,22,25). The summed E-state index contributed by atoms with van der Waals surface area (Å²) in [5.74, 6) is 0.805. The summed E-state index contributed by atoms with van der Waals surface area (Å²) in [6.07, 6.45) is 1.34. The maximum Gasteiger partial charge on any atom is 0.257 e. The lowest BCUT2D eigenvalue weighted by atomic mass is 10.2. The Morgan fingerprint density at radius 2 is 1.81 bits per heavy atom. The fraction of sp³-hybridized carbons (Fsp3) is 0.444. The van der Waals surface area contributed by atoms with Gasteiger partial charge in [-0.25, -0.2) is 0 Å².